The minimum Gasteiger partial charge on any atom is -0.415 e. The molecular formula is C34H40N5O5+. The third-order valence-corrected chi connectivity index (χ3v) is 8.70. The van der Waals surface area contributed by atoms with Gasteiger partial charge >= 0.3 is 6.09 Å². The molecule has 10 heteroatoms. The first-order chi connectivity index (χ1) is 20.8. The summed E-state index contributed by atoms with van der Waals surface area (Å²) in [6.07, 6.45) is 3.14. The van der Waals surface area contributed by atoms with E-state index in [9.17, 15) is 24.4 Å². The molecule has 1 spiro atoms. The molecule has 0 aliphatic carbocycles. The fourth-order valence-corrected chi connectivity index (χ4v) is 6.57. The molecule has 0 bridgehead atoms. The highest BCUT2D eigenvalue weighted by atomic mass is 16.6. The summed E-state index contributed by atoms with van der Waals surface area (Å²) in [6.45, 7) is 9.70. The lowest BCUT2D eigenvalue weighted by Gasteiger charge is -2.33. The van der Waals surface area contributed by atoms with Crippen LogP contribution >= 0.6 is 0 Å². The van der Waals surface area contributed by atoms with Crippen LogP contribution in [-0.2, 0) is 31.1 Å². The molecule has 0 aromatic heterocycles. The number of carbonyl (C=O) groups is 4. The van der Waals surface area contributed by atoms with Crippen molar-refractivity contribution in [1.82, 2.24) is 10.2 Å². The average Bonchev–Trinajstić information content (AvgIpc) is 3.59. The predicted octanol–water partition coefficient (Wildman–Crippen LogP) is 4.58. The van der Waals surface area contributed by atoms with Gasteiger partial charge < -0.3 is 20.3 Å². The van der Waals surface area contributed by atoms with Gasteiger partial charge in [-0.15, -0.1) is 4.48 Å². The zero-order valence-corrected chi connectivity index (χ0v) is 25.9. The van der Waals surface area contributed by atoms with Crippen LogP contribution < -0.4 is 10.6 Å². The number of carbonyl (C=O) groups excluding carboxylic acids is 4. The first-order valence-corrected chi connectivity index (χ1v) is 15.0. The fourth-order valence-electron chi connectivity index (χ4n) is 6.57. The van der Waals surface area contributed by atoms with Gasteiger partial charge in [0.25, 0.3) is 5.91 Å². The van der Waals surface area contributed by atoms with E-state index in [1.807, 2.05) is 89.2 Å². The number of nitriles is 1. The van der Waals surface area contributed by atoms with Crippen LogP contribution in [0.4, 0.5) is 10.5 Å². The predicted molar refractivity (Wildman–Crippen MR) is 163 cm³/mol. The molecule has 1 unspecified atom stereocenters. The lowest BCUT2D eigenvalue weighted by atomic mass is 9.80. The molecule has 44 heavy (non-hydrogen) atoms. The number of fused-ring (bicyclic) bond motifs is 2. The standard InChI is InChI=1S/C34H39N5O5/c1-22(2)28(39(15-16-39)32(43)44-20-23-11-7-6-8-12-23)29(40)36-27(18-33(3,4)5)30(41)38-21-34(17-24(38)19-35)25-13-9-10-14-26(25)37-31(34)42/h6-16,22,24,27-28H,17-18,20-21H2,1-5H3,(H-,36,37,40,42)/p+1/t24?,27-,28+,34-/m0/s1. The van der Waals surface area contributed by atoms with Gasteiger partial charge in [0.1, 0.15) is 18.7 Å². The number of likely N-dealkylation sites (tertiary alicyclic amines) is 1. The monoisotopic (exact) mass is 598 g/mol. The number of hydrogen-bond acceptors (Lipinski definition) is 6. The second-order valence-electron chi connectivity index (χ2n) is 13.6. The minimum atomic E-state index is -1.04. The summed E-state index contributed by atoms with van der Waals surface area (Å²) in [6, 6.07) is 16.2. The van der Waals surface area contributed by atoms with E-state index in [-0.39, 0.29) is 41.3 Å². The van der Waals surface area contributed by atoms with Gasteiger partial charge in [0.05, 0.1) is 11.5 Å². The van der Waals surface area contributed by atoms with Gasteiger partial charge in [0.15, 0.2) is 18.4 Å². The number of benzene rings is 2. The topological polar surface area (TPSA) is 129 Å². The molecule has 10 nitrogen and oxygen atoms in total. The van der Waals surface area contributed by atoms with E-state index in [0.29, 0.717) is 12.1 Å². The number of amides is 4. The van der Waals surface area contributed by atoms with E-state index in [0.717, 1.165) is 11.1 Å². The first-order valence-electron chi connectivity index (χ1n) is 15.0. The Labute approximate surface area is 258 Å². The van der Waals surface area contributed by atoms with Crippen LogP contribution in [0.25, 0.3) is 0 Å². The molecule has 4 atom stereocenters. The third-order valence-electron chi connectivity index (χ3n) is 8.70. The second-order valence-corrected chi connectivity index (χ2v) is 13.6. The highest BCUT2D eigenvalue weighted by molar-refractivity contribution is 6.07. The van der Waals surface area contributed by atoms with Gasteiger partial charge in [0, 0.05) is 24.6 Å². The fraction of sp³-hybridized carbons (Fsp3) is 0.441. The van der Waals surface area contributed by atoms with Crippen molar-refractivity contribution in [2.75, 3.05) is 11.9 Å². The van der Waals surface area contributed by atoms with Crippen LogP contribution in [0.2, 0.25) is 0 Å². The van der Waals surface area contributed by atoms with Gasteiger partial charge in [-0.2, -0.15) is 10.1 Å². The average molecular weight is 599 g/mol. The van der Waals surface area contributed by atoms with Gasteiger partial charge in [-0.3, -0.25) is 14.4 Å². The smallest absolute Gasteiger partial charge is 0.415 e. The maximum atomic E-state index is 14.3. The third kappa shape index (κ3) is 5.72. The van der Waals surface area contributed by atoms with Crippen molar-refractivity contribution < 1.29 is 28.4 Å². The molecule has 2 aromatic rings. The zero-order chi connectivity index (χ0) is 31.9. The van der Waals surface area contributed by atoms with Crippen molar-refractivity contribution in [1.29, 1.82) is 5.26 Å². The highest BCUT2D eigenvalue weighted by Crippen LogP contribution is 2.46. The summed E-state index contributed by atoms with van der Waals surface area (Å²) in [5, 5.41) is 16.0. The Morgan fingerprint density at radius 1 is 1.11 bits per heavy atom. The molecule has 0 saturated carbocycles. The number of nitrogens with zero attached hydrogens (tertiary/aromatic N) is 3. The van der Waals surface area contributed by atoms with E-state index in [2.05, 4.69) is 16.7 Å². The minimum absolute atomic E-state index is 0.0321. The molecule has 4 amide bonds. The van der Waals surface area contributed by atoms with Crippen molar-refractivity contribution in [2.45, 2.75) is 77.6 Å². The van der Waals surface area contributed by atoms with Crippen LogP contribution in [0.5, 0.6) is 0 Å². The summed E-state index contributed by atoms with van der Waals surface area (Å²) in [5.41, 5.74) is 0.879. The molecule has 2 aromatic carbocycles. The normalized spacial score (nSPS) is 22.6. The maximum absolute atomic E-state index is 14.3. The molecule has 3 aliphatic heterocycles. The van der Waals surface area contributed by atoms with E-state index in [1.54, 1.807) is 12.4 Å². The Bertz CT molecular complexity index is 1530. The SMILES string of the molecule is CC(C)[C@H](C(=O)N[C@@H](CC(C)(C)C)C(=O)N1C[C@]2(CC1C#N)C(=O)Nc1ccccc12)[N+]1(C(=O)OCc2ccccc2)C=C1. The molecule has 2 N–H and O–H groups in total. The zero-order valence-electron chi connectivity index (χ0n) is 25.9. The molecule has 230 valence electrons. The number of hydrogen-bond donors (Lipinski definition) is 2. The number of rotatable bonds is 8. The first kappa shape index (κ1) is 31.0. The molecular weight excluding hydrogens is 558 g/mol. The van der Waals surface area contributed by atoms with Gasteiger partial charge in [-0.05, 0) is 29.0 Å². The lowest BCUT2D eigenvalue weighted by molar-refractivity contribution is -0.715. The summed E-state index contributed by atoms with van der Waals surface area (Å²) < 4.78 is 5.24. The van der Waals surface area contributed by atoms with Gasteiger partial charge in [-0.1, -0.05) is 83.1 Å². The van der Waals surface area contributed by atoms with Crippen LogP contribution in [0.15, 0.2) is 67.0 Å². The number of anilines is 1. The number of ether oxygens (including phenoxy) is 1. The number of para-hydroxylation sites is 1. The van der Waals surface area contributed by atoms with Crippen LogP contribution in [0, 0.1) is 22.7 Å². The van der Waals surface area contributed by atoms with Crippen LogP contribution in [0.3, 0.4) is 0 Å². The van der Waals surface area contributed by atoms with Crippen molar-refractivity contribution >= 4 is 29.5 Å². The molecule has 5 rings (SSSR count). The Hall–Kier alpha value is -4.49. The van der Waals surface area contributed by atoms with Crippen LogP contribution in [-0.4, -0.2) is 57.9 Å². The van der Waals surface area contributed by atoms with E-state index in [4.69, 9.17) is 4.74 Å². The summed E-state index contributed by atoms with van der Waals surface area (Å²) in [5.74, 6) is -1.40. The van der Waals surface area contributed by atoms with Crippen LogP contribution in [0.1, 0.15) is 58.6 Å². The van der Waals surface area contributed by atoms with E-state index in [1.165, 1.54) is 4.90 Å². The van der Waals surface area contributed by atoms with Crippen molar-refractivity contribution in [2.24, 2.45) is 11.3 Å². The van der Waals surface area contributed by atoms with Gasteiger partial charge in [-0.25, -0.2) is 0 Å². The van der Waals surface area contributed by atoms with Crippen molar-refractivity contribution in [3.8, 4) is 6.07 Å². The Balaban J connectivity index is 1.37. The summed E-state index contributed by atoms with van der Waals surface area (Å²) in [4.78, 5) is 56.3. The Morgan fingerprint density at radius 3 is 2.39 bits per heavy atom. The largest absolute Gasteiger partial charge is 0.526 e. The Morgan fingerprint density at radius 2 is 1.77 bits per heavy atom. The summed E-state index contributed by atoms with van der Waals surface area (Å²) in [7, 11) is 0. The highest BCUT2D eigenvalue weighted by Gasteiger charge is 2.59. The second kappa shape index (κ2) is 11.5. The Kier molecular flexibility index (Phi) is 8.12. The molecule has 3 aliphatic rings. The molecule has 1 fully saturated rings. The molecule has 1 saturated heterocycles. The molecule has 3 heterocycles. The lowest BCUT2D eigenvalue weighted by Crippen LogP contribution is -2.59. The van der Waals surface area contributed by atoms with Gasteiger partial charge in [0.2, 0.25) is 11.8 Å². The van der Waals surface area contributed by atoms with E-state index < -0.39 is 41.4 Å². The summed E-state index contributed by atoms with van der Waals surface area (Å²) >= 11 is 0. The number of nitrogens with one attached hydrogen (secondary N) is 2. The van der Waals surface area contributed by atoms with Crippen molar-refractivity contribution in [3.63, 3.8) is 0 Å². The quantitative estimate of drug-likeness (QED) is 0.428. The maximum Gasteiger partial charge on any atom is 0.526 e. The van der Waals surface area contributed by atoms with Crippen molar-refractivity contribution in [3.05, 3.63) is 78.1 Å². The number of quaternary nitrogens is 1. The van der Waals surface area contributed by atoms with E-state index >= 15 is 0 Å². The molecule has 0 radical (unpaired) electrons.